The molecule has 1 spiro atoms. The lowest BCUT2D eigenvalue weighted by Crippen LogP contribution is -2.38. The third kappa shape index (κ3) is 4.21. The summed E-state index contributed by atoms with van der Waals surface area (Å²) in [5.74, 6) is 0. The van der Waals surface area contributed by atoms with E-state index in [2.05, 4.69) is 33.0 Å². The van der Waals surface area contributed by atoms with Gasteiger partial charge in [-0.1, -0.05) is 47.0 Å². The predicted molar refractivity (Wildman–Crippen MR) is 86.1 cm³/mol. The second-order valence-corrected chi connectivity index (χ2v) is 7.97. The van der Waals surface area contributed by atoms with E-state index >= 15 is 0 Å². The van der Waals surface area contributed by atoms with Crippen LogP contribution >= 0.6 is 0 Å². The van der Waals surface area contributed by atoms with Crippen LogP contribution < -0.4 is 5.32 Å². The van der Waals surface area contributed by atoms with E-state index in [-0.39, 0.29) is 0 Å². The molecule has 2 heteroatoms. The van der Waals surface area contributed by atoms with Gasteiger partial charge in [0.05, 0.1) is 11.7 Å². The molecule has 2 unspecified atom stereocenters. The summed E-state index contributed by atoms with van der Waals surface area (Å²) in [6.45, 7) is 10.4. The highest BCUT2D eigenvalue weighted by Gasteiger charge is 2.43. The molecule has 2 aliphatic rings. The molecule has 118 valence electrons. The molecule has 0 amide bonds. The highest BCUT2D eigenvalue weighted by Crippen LogP contribution is 2.46. The Hall–Kier alpha value is -0.0800. The maximum absolute atomic E-state index is 6.53. The zero-order valence-corrected chi connectivity index (χ0v) is 14.1. The van der Waals surface area contributed by atoms with Gasteiger partial charge in [-0.25, -0.2) is 0 Å². The molecular formula is C18H35NO. The van der Waals surface area contributed by atoms with Crippen LogP contribution in [0.1, 0.15) is 85.5 Å². The molecule has 0 bridgehead atoms. The Balaban J connectivity index is 1.87. The van der Waals surface area contributed by atoms with Crippen molar-refractivity contribution in [2.45, 2.75) is 103 Å². The minimum atomic E-state index is 0.295. The third-order valence-electron chi connectivity index (χ3n) is 5.36. The fourth-order valence-corrected chi connectivity index (χ4v) is 4.29. The van der Waals surface area contributed by atoms with Crippen molar-refractivity contribution in [3.63, 3.8) is 0 Å². The highest BCUT2D eigenvalue weighted by molar-refractivity contribution is 4.94. The summed E-state index contributed by atoms with van der Waals surface area (Å²) in [6.07, 6.45) is 12.3. The smallest absolute Gasteiger partial charge is 0.0687 e. The van der Waals surface area contributed by atoms with E-state index in [1.54, 1.807) is 0 Å². The summed E-state index contributed by atoms with van der Waals surface area (Å²) < 4.78 is 6.53. The Morgan fingerprint density at radius 3 is 2.55 bits per heavy atom. The Kier molecular flexibility index (Phi) is 5.53. The van der Waals surface area contributed by atoms with Gasteiger partial charge in [-0.2, -0.15) is 0 Å². The molecule has 2 nitrogen and oxygen atoms in total. The molecule has 0 radical (unpaired) electrons. The lowest BCUT2D eigenvalue weighted by molar-refractivity contribution is -0.0528. The fourth-order valence-electron chi connectivity index (χ4n) is 4.29. The van der Waals surface area contributed by atoms with Crippen LogP contribution in [0.15, 0.2) is 0 Å². The molecule has 1 heterocycles. The number of hydrogen-bond acceptors (Lipinski definition) is 2. The van der Waals surface area contributed by atoms with Crippen LogP contribution in [0.25, 0.3) is 0 Å². The van der Waals surface area contributed by atoms with Crippen LogP contribution in [0.5, 0.6) is 0 Å². The van der Waals surface area contributed by atoms with Crippen LogP contribution in [-0.2, 0) is 4.74 Å². The fraction of sp³-hybridized carbons (Fsp3) is 1.00. The zero-order valence-electron chi connectivity index (χ0n) is 14.1. The van der Waals surface area contributed by atoms with Gasteiger partial charge < -0.3 is 10.1 Å². The van der Waals surface area contributed by atoms with Gasteiger partial charge in [0.25, 0.3) is 0 Å². The van der Waals surface area contributed by atoms with E-state index in [0.29, 0.717) is 23.2 Å². The van der Waals surface area contributed by atoms with Crippen molar-refractivity contribution < 1.29 is 4.74 Å². The quantitative estimate of drug-likeness (QED) is 0.732. The Morgan fingerprint density at radius 2 is 1.95 bits per heavy atom. The van der Waals surface area contributed by atoms with Crippen molar-refractivity contribution in [2.24, 2.45) is 5.41 Å². The monoisotopic (exact) mass is 281 g/mol. The van der Waals surface area contributed by atoms with E-state index in [9.17, 15) is 0 Å². The summed E-state index contributed by atoms with van der Waals surface area (Å²) in [5.41, 5.74) is 0.692. The van der Waals surface area contributed by atoms with Gasteiger partial charge in [0.2, 0.25) is 0 Å². The maximum Gasteiger partial charge on any atom is 0.0687 e. The van der Waals surface area contributed by atoms with Crippen molar-refractivity contribution in [3.8, 4) is 0 Å². The molecule has 2 fully saturated rings. The van der Waals surface area contributed by atoms with Gasteiger partial charge in [-0.15, -0.1) is 0 Å². The first-order chi connectivity index (χ1) is 9.47. The topological polar surface area (TPSA) is 21.3 Å². The average Bonchev–Trinajstić information content (AvgIpc) is 2.98. The van der Waals surface area contributed by atoms with E-state index in [4.69, 9.17) is 4.74 Å². The molecule has 0 aromatic carbocycles. The van der Waals surface area contributed by atoms with Gasteiger partial charge >= 0.3 is 0 Å². The van der Waals surface area contributed by atoms with Gasteiger partial charge in [0, 0.05) is 12.6 Å². The number of nitrogens with one attached hydrogen (secondary N) is 1. The summed E-state index contributed by atoms with van der Waals surface area (Å²) >= 11 is 0. The van der Waals surface area contributed by atoms with E-state index in [1.165, 1.54) is 57.8 Å². The SMILES string of the molecule is CCCC(C)(CNC(C)C)CC1CCC2(CCCC2)O1. The van der Waals surface area contributed by atoms with Crippen molar-refractivity contribution in [3.05, 3.63) is 0 Å². The number of rotatable bonds is 7. The lowest BCUT2D eigenvalue weighted by atomic mass is 9.79. The minimum Gasteiger partial charge on any atom is -0.372 e. The Morgan fingerprint density at radius 1 is 1.25 bits per heavy atom. The van der Waals surface area contributed by atoms with E-state index in [0.717, 1.165) is 6.54 Å². The lowest BCUT2D eigenvalue weighted by Gasteiger charge is -2.34. The van der Waals surface area contributed by atoms with Crippen LogP contribution in [0.4, 0.5) is 0 Å². The van der Waals surface area contributed by atoms with Crippen molar-refractivity contribution in [1.82, 2.24) is 5.32 Å². The second kappa shape index (κ2) is 6.79. The normalized spacial score (nSPS) is 28.4. The molecule has 2 rings (SSSR count). The van der Waals surface area contributed by atoms with Gasteiger partial charge in [-0.3, -0.25) is 0 Å². The first-order valence-electron chi connectivity index (χ1n) is 8.88. The third-order valence-corrected chi connectivity index (χ3v) is 5.36. The van der Waals surface area contributed by atoms with E-state index < -0.39 is 0 Å². The summed E-state index contributed by atoms with van der Waals surface area (Å²) in [6, 6.07) is 0.580. The van der Waals surface area contributed by atoms with Gasteiger partial charge in [-0.05, 0) is 43.9 Å². The Bertz CT molecular complexity index is 296. The first kappa shape index (κ1) is 16.3. The maximum atomic E-state index is 6.53. The van der Waals surface area contributed by atoms with Crippen LogP contribution in [0, 0.1) is 5.41 Å². The molecule has 1 N–H and O–H groups in total. The van der Waals surface area contributed by atoms with Gasteiger partial charge in [0.1, 0.15) is 0 Å². The van der Waals surface area contributed by atoms with E-state index in [1.807, 2.05) is 0 Å². The first-order valence-corrected chi connectivity index (χ1v) is 8.88. The van der Waals surface area contributed by atoms with Crippen LogP contribution in [0.2, 0.25) is 0 Å². The molecule has 1 aliphatic carbocycles. The average molecular weight is 281 g/mol. The van der Waals surface area contributed by atoms with Crippen LogP contribution in [-0.4, -0.2) is 24.3 Å². The van der Waals surface area contributed by atoms with Crippen LogP contribution in [0.3, 0.4) is 0 Å². The highest BCUT2D eigenvalue weighted by atomic mass is 16.5. The molecule has 1 aliphatic heterocycles. The molecular weight excluding hydrogens is 246 g/mol. The number of hydrogen-bond donors (Lipinski definition) is 1. The molecule has 0 aromatic heterocycles. The van der Waals surface area contributed by atoms with Crippen molar-refractivity contribution >= 4 is 0 Å². The van der Waals surface area contributed by atoms with Crippen molar-refractivity contribution in [2.75, 3.05) is 6.54 Å². The molecule has 1 saturated heterocycles. The summed E-state index contributed by atoms with van der Waals surface area (Å²) in [5, 5.41) is 3.65. The van der Waals surface area contributed by atoms with Gasteiger partial charge in [0.15, 0.2) is 0 Å². The second-order valence-electron chi connectivity index (χ2n) is 7.97. The predicted octanol–water partition coefficient (Wildman–Crippen LogP) is 4.67. The minimum absolute atomic E-state index is 0.295. The summed E-state index contributed by atoms with van der Waals surface area (Å²) in [4.78, 5) is 0. The summed E-state index contributed by atoms with van der Waals surface area (Å²) in [7, 11) is 0. The zero-order chi connectivity index (χ0) is 14.6. The molecule has 2 atom stereocenters. The molecule has 0 aromatic rings. The number of ether oxygens (including phenoxy) is 1. The van der Waals surface area contributed by atoms with Crippen molar-refractivity contribution in [1.29, 1.82) is 0 Å². The standard InChI is InChI=1S/C18H35NO/c1-5-9-17(4,14-19-15(2)3)13-16-8-12-18(20-16)10-6-7-11-18/h15-16,19H,5-14H2,1-4H3. The Labute approximate surface area is 126 Å². The largest absolute Gasteiger partial charge is 0.372 e. The molecule has 1 saturated carbocycles. The molecule has 20 heavy (non-hydrogen) atoms.